The number of alkyl halides is 3. The number of rotatable bonds is 8. The van der Waals surface area contributed by atoms with Gasteiger partial charge in [-0.15, -0.1) is 22.6 Å². The SMILES string of the molecule is Cc1ncoc1-c1nnc(SCCCCN2CCC3(CC3c3ccc(C(F)(F)F)cc3)C2)n1C.Cl. The molecule has 11 heteroatoms. The van der Waals surface area contributed by atoms with Gasteiger partial charge in [-0.1, -0.05) is 23.9 Å². The molecule has 1 aliphatic carbocycles. The zero-order valence-electron chi connectivity index (χ0n) is 19.7. The first-order valence-corrected chi connectivity index (χ1v) is 12.6. The van der Waals surface area contributed by atoms with Gasteiger partial charge in [0, 0.05) is 19.3 Å². The Hall–Kier alpha value is -2.04. The van der Waals surface area contributed by atoms with Gasteiger partial charge < -0.3 is 13.9 Å². The van der Waals surface area contributed by atoms with Crippen molar-refractivity contribution >= 4 is 24.2 Å². The summed E-state index contributed by atoms with van der Waals surface area (Å²) in [4.78, 5) is 6.63. The third-order valence-corrected chi connectivity index (χ3v) is 8.28. The van der Waals surface area contributed by atoms with Crippen molar-refractivity contribution in [1.29, 1.82) is 0 Å². The number of nitrogens with zero attached hydrogens (tertiary/aromatic N) is 5. The molecule has 0 bridgehead atoms. The number of aromatic nitrogens is 4. The fourth-order valence-corrected chi connectivity index (χ4v) is 6.02. The van der Waals surface area contributed by atoms with Crippen LogP contribution in [0.4, 0.5) is 13.2 Å². The van der Waals surface area contributed by atoms with Crippen LogP contribution in [0.25, 0.3) is 11.6 Å². The van der Waals surface area contributed by atoms with Crippen molar-refractivity contribution in [2.45, 2.75) is 49.9 Å². The van der Waals surface area contributed by atoms with Crippen molar-refractivity contribution in [2.75, 3.05) is 25.4 Å². The van der Waals surface area contributed by atoms with E-state index in [0.717, 1.165) is 67.5 Å². The molecule has 3 heterocycles. The van der Waals surface area contributed by atoms with Crippen molar-refractivity contribution in [1.82, 2.24) is 24.6 Å². The summed E-state index contributed by atoms with van der Waals surface area (Å²) in [7, 11) is 1.94. The van der Waals surface area contributed by atoms with Crippen LogP contribution in [0.2, 0.25) is 0 Å². The minimum absolute atomic E-state index is 0. The lowest BCUT2D eigenvalue weighted by Crippen LogP contribution is -2.22. The van der Waals surface area contributed by atoms with E-state index < -0.39 is 11.7 Å². The highest BCUT2D eigenvalue weighted by molar-refractivity contribution is 7.99. The minimum atomic E-state index is -4.27. The molecule has 2 unspecified atom stereocenters. The second-order valence-corrected chi connectivity index (χ2v) is 10.5. The van der Waals surface area contributed by atoms with E-state index in [1.54, 1.807) is 23.9 Å². The van der Waals surface area contributed by atoms with Gasteiger partial charge in [-0.2, -0.15) is 13.2 Å². The van der Waals surface area contributed by atoms with E-state index in [1.165, 1.54) is 18.5 Å². The molecule has 1 spiro atoms. The van der Waals surface area contributed by atoms with Crippen molar-refractivity contribution in [3.63, 3.8) is 0 Å². The van der Waals surface area contributed by atoms with Crippen molar-refractivity contribution < 1.29 is 17.6 Å². The Balaban J connectivity index is 0.00000289. The number of hydrogen-bond donors (Lipinski definition) is 0. The highest BCUT2D eigenvalue weighted by Gasteiger charge is 2.57. The van der Waals surface area contributed by atoms with E-state index >= 15 is 0 Å². The van der Waals surface area contributed by atoms with Gasteiger partial charge in [0.2, 0.25) is 5.82 Å². The number of hydrogen-bond acceptors (Lipinski definition) is 6. The number of oxazole rings is 1. The van der Waals surface area contributed by atoms with Crippen molar-refractivity contribution in [2.24, 2.45) is 12.5 Å². The fraction of sp³-hybridized carbons (Fsp3) is 0.542. The summed E-state index contributed by atoms with van der Waals surface area (Å²) >= 11 is 1.69. The van der Waals surface area contributed by atoms with E-state index in [2.05, 4.69) is 20.1 Å². The molecule has 1 aliphatic heterocycles. The fourth-order valence-electron chi connectivity index (χ4n) is 5.11. The quantitative estimate of drug-likeness (QED) is 0.266. The van der Waals surface area contributed by atoms with Crippen LogP contribution in [-0.2, 0) is 13.2 Å². The summed E-state index contributed by atoms with van der Waals surface area (Å²) in [6, 6.07) is 5.78. The van der Waals surface area contributed by atoms with E-state index in [9.17, 15) is 13.2 Å². The highest BCUT2D eigenvalue weighted by atomic mass is 35.5. The lowest BCUT2D eigenvalue weighted by molar-refractivity contribution is -0.137. The number of likely N-dealkylation sites (tertiary alicyclic amines) is 1. The number of halogens is 4. The van der Waals surface area contributed by atoms with E-state index in [0.29, 0.717) is 17.5 Å². The normalized spacial score (nSPS) is 22.0. The van der Waals surface area contributed by atoms with Crippen LogP contribution in [-0.4, -0.2) is 50.0 Å². The van der Waals surface area contributed by atoms with Gasteiger partial charge >= 0.3 is 6.18 Å². The molecule has 0 radical (unpaired) electrons. The molecule has 6 nitrogen and oxygen atoms in total. The molecular formula is C24H29ClF3N5OS. The number of thioether (sulfide) groups is 1. The van der Waals surface area contributed by atoms with Gasteiger partial charge in [0.1, 0.15) is 0 Å². The van der Waals surface area contributed by atoms with Gasteiger partial charge in [-0.25, -0.2) is 4.98 Å². The number of benzene rings is 1. The van der Waals surface area contributed by atoms with E-state index in [4.69, 9.17) is 4.42 Å². The second kappa shape index (κ2) is 10.1. The maximum absolute atomic E-state index is 12.8. The Kier molecular flexibility index (Phi) is 7.54. The highest BCUT2D eigenvalue weighted by Crippen LogP contribution is 2.64. The van der Waals surface area contributed by atoms with Crippen molar-refractivity contribution in [3.05, 3.63) is 47.5 Å². The summed E-state index contributed by atoms with van der Waals surface area (Å²) in [6.45, 7) is 5.07. The van der Waals surface area contributed by atoms with E-state index in [-0.39, 0.29) is 17.8 Å². The summed E-state index contributed by atoms with van der Waals surface area (Å²) in [5.41, 5.74) is 1.55. The molecule has 2 aromatic heterocycles. The van der Waals surface area contributed by atoms with Gasteiger partial charge in [-0.3, -0.25) is 0 Å². The topological polar surface area (TPSA) is 60.0 Å². The lowest BCUT2D eigenvalue weighted by atomic mass is 9.97. The van der Waals surface area contributed by atoms with E-state index in [1.807, 2.05) is 18.5 Å². The predicted octanol–water partition coefficient (Wildman–Crippen LogP) is 5.97. The molecule has 0 amide bonds. The van der Waals surface area contributed by atoms with Crippen LogP contribution in [0.5, 0.6) is 0 Å². The van der Waals surface area contributed by atoms with Crippen LogP contribution in [0.3, 0.4) is 0 Å². The first-order chi connectivity index (χ1) is 16.3. The summed E-state index contributed by atoms with van der Waals surface area (Å²) in [5, 5.41) is 9.40. The average molecular weight is 528 g/mol. The third kappa shape index (κ3) is 5.39. The molecule has 1 saturated heterocycles. The molecule has 2 fully saturated rings. The van der Waals surface area contributed by atoms with Gasteiger partial charge in [0.15, 0.2) is 17.3 Å². The zero-order chi connectivity index (χ0) is 23.9. The largest absolute Gasteiger partial charge is 0.440 e. The molecule has 2 aliphatic rings. The van der Waals surface area contributed by atoms with Crippen LogP contribution < -0.4 is 0 Å². The van der Waals surface area contributed by atoms with Crippen LogP contribution in [0.1, 0.15) is 48.4 Å². The smallest absolute Gasteiger partial charge is 0.416 e. The summed E-state index contributed by atoms with van der Waals surface area (Å²) in [5.74, 6) is 2.70. The summed E-state index contributed by atoms with van der Waals surface area (Å²) < 4.78 is 45.8. The van der Waals surface area contributed by atoms with Crippen LogP contribution in [0, 0.1) is 12.3 Å². The predicted molar refractivity (Wildman–Crippen MR) is 131 cm³/mol. The molecule has 1 saturated carbocycles. The standard InChI is InChI=1S/C24H28F3N5OS.ClH/c1-16-20(33-15-28-16)21-29-30-22(31(21)2)34-12-4-3-10-32-11-9-23(14-32)13-19(23)17-5-7-18(8-6-17)24(25,26)27;/h5-8,15,19H,3-4,9-14H2,1-2H3;1H. The van der Waals surface area contributed by atoms with Crippen molar-refractivity contribution in [3.8, 4) is 11.6 Å². The Morgan fingerprint density at radius 2 is 1.94 bits per heavy atom. The molecule has 0 N–H and O–H groups in total. The van der Waals surface area contributed by atoms with Gasteiger partial charge in [0.05, 0.1) is 11.3 Å². The molecule has 5 rings (SSSR count). The molecule has 1 aromatic carbocycles. The zero-order valence-corrected chi connectivity index (χ0v) is 21.3. The number of unbranched alkanes of at least 4 members (excludes halogenated alkanes) is 1. The average Bonchev–Trinajstić information content (AvgIpc) is 3.08. The number of aryl methyl sites for hydroxylation is 1. The Labute approximate surface area is 213 Å². The second-order valence-electron chi connectivity index (χ2n) is 9.45. The summed E-state index contributed by atoms with van der Waals surface area (Å²) in [6.07, 6.45) is 1.56. The first kappa shape index (κ1) is 26.0. The van der Waals surface area contributed by atoms with Crippen LogP contribution >= 0.6 is 24.2 Å². The minimum Gasteiger partial charge on any atom is -0.440 e. The molecule has 3 aromatic rings. The Bertz CT molecular complexity index is 1150. The maximum atomic E-state index is 12.8. The Morgan fingerprint density at radius 3 is 2.63 bits per heavy atom. The van der Waals surface area contributed by atoms with Crippen LogP contribution in [0.15, 0.2) is 40.2 Å². The third-order valence-electron chi connectivity index (χ3n) is 7.18. The monoisotopic (exact) mass is 527 g/mol. The van der Waals surface area contributed by atoms with Gasteiger partial charge in [-0.05, 0) is 74.7 Å². The molecule has 35 heavy (non-hydrogen) atoms. The molecule has 190 valence electrons. The maximum Gasteiger partial charge on any atom is 0.416 e. The molecule has 2 atom stereocenters. The Morgan fingerprint density at radius 1 is 1.17 bits per heavy atom. The lowest BCUT2D eigenvalue weighted by Gasteiger charge is -2.16. The molecular weight excluding hydrogens is 499 g/mol. The first-order valence-electron chi connectivity index (χ1n) is 11.6. The van der Waals surface area contributed by atoms with Gasteiger partial charge in [0.25, 0.3) is 0 Å².